The Bertz CT molecular complexity index is 306. The first-order valence-corrected chi connectivity index (χ1v) is 7.05. The van der Waals surface area contributed by atoms with Crippen LogP contribution in [0.25, 0.3) is 0 Å². The Morgan fingerprint density at radius 3 is 2.79 bits per heavy atom. The number of carbonyl (C=O) groups is 2. The third-order valence-electron chi connectivity index (χ3n) is 3.56. The Morgan fingerprint density at radius 2 is 2.16 bits per heavy atom. The molecule has 1 heterocycles. The minimum absolute atomic E-state index is 0.0922. The lowest BCUT2D eigenvalue weighted by molar-refractivity contribution is -0.151. The number of carbonyl (C=O) groups excluding carboxylic acids is 2. The van der Waals surface area contributed by atoms with Crippen LogP contribution >= 0.6 is 0 Å². The number of ether oxygens (including phenoxy) is 2. The minimum atomic E-state index is -0.176. The molecule has 19 heavy (non-hydrogen) atoms. The molecule has 0 aromatic rings. The molecule has 1 saturated heterocycles. The molecule has 0 aromatic heterocycles. The number of esters is 1. The van der Waals surface area contributed by atoms with Crippen LogP contribution in [0.2, 0.25) is 0 Å². The quantitative estimate of drug-likeness (QED) is 0.689. The van der Waals surface area contributed by atoms with Crippen molar-refractivity contribution in [2.24, 2.45) is 5.92 Å². The maximum atomic E-state index is 12.1. The summed E-state index contributed by atoms with van der Waals surface area (Å²) in [4.78, 5) is 25.5. The maximum absolute atomic E-state index is 12.1. The zero-order valence-corrected chi connectivity index (χ0v) is 12.2. The molecule has 0 bridgehead atoms. The van der Waals surface area contributed by atoms with Crippen LogP contribution in [0.1, 0.15) is 39.5 Å². The van der Waals surface area contributed by atoms with E-state index in [1.807, 2.05) is 6.92 Å². The van der Waals surface area contributed by atoms with Gasteiger partial charge in [-0.1, -0.05) is 0 Å². The summed E-state index contributed by atoms with van der Waals surface area (Å²) in [6, 6.07) is 0. The van der Waals surface area contributed by atoms with Gasteiger partial charge < -0.3 is 14.4 Å². The summed E-state index contributed by atoms with van der Waals surface area (Å²) in [5.74, 6) is -0.222. The highest BCUT2D eigenvalue weighted by Gasteiger charge is 2.29. The van der Waals surface area contributed by atoms with Gasteiger partial charge in [-0.2, -0.15) is 0 Å². The smallest absolute Gasteiger partial charge is 0.310 e. The molecule has 1 aliphatic rings. The lowest BCUT2D eigenvalue weighted by atomic mass is 9.97. The van der Waals surface area contributed by atoms with Gasteiger partial charge in [0.1, 0.15) is 0 Å². The Balaban J connectivity index is 2.41. The highest BCUT2D eigenvalue weighted by atomic mass is 16.5. The van der Waals surface area contributed by atoms with Crippen molar-refractivity contribution >= 4 is 11.9 Å². The number of nitrogens with zero attached hydrogens (tertiary/aromatic N) is 1. The normalized spacial score (nSPS) is 21.0. The van der Waals surface area contributed by atoms with Crippen LogP contribution in [0.4, 0.5) is 0 Å². The molecule has 2 atom stereocenters. The van der Waals surface area contributed by atoms with Gasteiger partial charge in [0.25, 0.3) is 0 Å². The van der Waals surface area contributed by atoms with E-state index in [9.17, 15) is 9.59 Å². The van der Waals surface area contributed by atoms with E-state index in [0.29, 0.717) is 19.6 Å². The van der Waals surface area contributed by atoms with Gasteiger partial charge in [-0.05, 0) is 33.1 Å². The van der Waals surface area contributed by atoms with Gasteiger partial charge in [0.15, 0.2) is 0 Å². The van der Waals surface area contributed by atoms with Crippen molar-refractivity contribution in [1.82, 2.24) is 4.90 Å². The fourth-order valence-electron chi connectivity index (χ4n) is 2.26. The lowest BCUT2D eigenvalue weighted by Crippen LogP contribution is -2.42. The SMILES string of the molecule is CCOC(=O)[C@H]1CCCN(C(=O)CCC(C)OC)C1. The molecule has 0 saturated carbocycles. The molecule has 0 N–H and O–H groups in total. The molecule has 1 unspecified atom stereocenters. The molecule has 5 heteroatoms. The molecule has 1 aliphatic heterocycles. The maximum Gasteiger partial charge on any atom is 0.310 e. The van der Waals surface area contributed by atoms with Gasteiger partial charge in [0.2, 0.25) is 5.91 Å². The number of hydrogen-bond acceptors (Lipinski definition) is 4. The zero-order chi connectivity index (χ0) is 14.3. The summed E-state index contributed by atoms with van der Waals surface area (Å²) >= 11 is 0. The Kier molecular flexibility index (Phi) is 6.84. The van der Waals surface area contributed by atoms with Gasteiger partial charge in [-0.3, -0.25) is 9.59 Å². The van der Waals surface area contributed by atoms with Crippen LogP contribution in [-0.4, -0.2) is 49.7 Å². The van der Waals surface area contributed by atoms with Crippen molar-refractivity contribution in [2.45, 2.75) is 45.6 Å². The van der Waals surface area contributed by atoms with Gasteiger partial charge in [0.05, 0.1) is 18.6 Å². The average molecular weight is 271 g/mol. The second-order valence-electron chi connectivity index (χ2n) is 5.02. The van der Waals surface area contributed by atoms with Crippen LogP contribution in [0, 0.1) is 5.92 Å². The van der Waals surface area contributed by atoms with Crippen molar-refractivity contribution < 1.29 is 19.1 Å². The Hall–Kier alpha value is -1.10. The molecule has 1 amide bonds. The summed E-state index contributed by atoms with van der Waals surface area (Å²) in [5, 5.41) is 0. The van der Waals surface area contributed by atoms with Crippen LogP contribution in [0.5, 0.6) is 0 Å². The molecular weight excluding hydrogens is 246 g/mol. The van der Waals surface area contributed by atoms with Gasteiger partial charge in [-0.25, -0.2) is 0 Å². The Morgan fingerprint density at radius 1 is 1.42 bits per heavy atom. The van der Waals surface area contributed by atoms with E-state index in [0.717, 1.165) is 25.8 Å². The summed E-state index contributed by atoms with van der Waals surface area (Å²) in [5.41, 5.74) is 0. The standard InChI is InChI=1S/C14H25NO4/c1-4-19-14(17)12-6-5-9-15(10-12)13(16)8-7-11(2)18-3/h11-12H,4-10H2,1-3H3/t11?,12-/m0/s1. The number of hydrogen-bond donors (Lipinski definition) is 0. The predicted molar refractivity (Wildman–Crippen MR) is 71.6 cm³/mol. The molecular formula is C14H25NO4. The third-order valence-corrected chi connectivity index (χ3v) is 3.56. The van der Waals surface area contributed by atoms with E-state index in [-0.39, 0.29) is 23.9 Å². The van der Waals surface area contributed by atoms with Crippen molar-refractivity contribution in [2.75, 3.05) is 26.8 Å². The number of likely N-dealkylation sites (tertiary alicyclic amines) is 1. The Labute approximate surface area is 115 Å². The molecule has 1 fully saturated rings. The van der Waals surface area contributed by atoms with E-state index in [4.69, 9.17) is 9.47 Å². The molecule has 1 rings (SSSR count). The molecule has 0 radical (unpaired) electrons. The number of rotatable bonds is 6. The van der Waals surface area contributed by atoms with Gasteiger partial charge in [0, 0.05) is 26.6 Å². The second kappa shape index (κ2) is 8.15. The second-order valence-corrected chi connectivity index (χ2v) is 5.02. The number of amides is 1. The zero-order valence-electron chi connectivity index (χ0n) is 12.2. The lowest BCUT2D eigenvalue weighted by Gasteiger charge is -2.31. The summed E-state index contributed by atoms with van der Waals surface area (Å²) in [6.07, 6.45) is 2.97. The van der Waals surface area contributed by atoms with E-state index >= 15 is 0 Å². The molecule has 0 aliphatic carbocycles. The molecule has 5 nitrogen and oxygen atoms in total. The van der Waals surface area contributed by atoms with Crippen LogP contribution in [0.3, 0.4) is 0 Å². The van der Waals surface area contributed by atoms with E-state index in [1.165, 1.54) is 0 Å². The highest BCUT2D eigenvalue weighted by molar-refractivity contribution is 5.78. The van der Waals surface area contributed by atoms with Crippen LogP contribution < -0.4 is 0 Å². The summed E-state index contributed by atoms with van der Waals surface area (Å²) in [7, 11) is 1.65. The van der Waals surface area contributed by atoms with Crippen molar-refractivity contribution in [3.05, 3.63) is 0 Å². The molecule has 0 spiro atoms. The fraction of sp³-hybridized carbons (Fsp3) is 0.857. The topological polar surface area (TPSA) is 55.8 Å². The molecule has 110 valence electrons. The minimum Gasteiger partial charge on any atom is -0.466 e. The summed E-state index contributed by atoms with van der Waals surface area (Å²) < 4.78 is 10.2. The monoisotopic (exact) mass is 271 g/mol. The van der Waals surface area contributed by atoms with Gasteiger partial charge >= 0.3 is 5.97 Å². The number of methoxy groups -OCH3 is 1. The van der Waals surface area contributed by atoms with E-state index in [2.05, 4.69) is 0 Å². The van der Waals surface area contributed by atoms with E-state index < -0.39 is 0 Å². The van der Waals surface area contributed by atoms with Crippen molar-refractivity contribution in [3.63, 3.8) is 0 Å². The summed E-state index contributed by atoms with van der Waals surface area (Å²) in [6.45, 7) is 5.39. The van der Waals surface area contributed by atoms with Crippen molar-refractivity contribution in [1.29, 1.82) is 0 Å². The highest BCUT2D eigenvalue weighted by Crippen LogP contribution is 2.19. The average Bonchev–Trinajstić information content (AvgIpc) is 2.44. The first-order chi connectivity index (χ1) is 9.08. The van der Waals surface area contributed by atoms with Gasteiger partial charge in [-0.15, -0.1) is 0 Å². The largest absolute Gasteiger partial charge is 0.466 e. The predicted octanol–water partition coefficient (Wildman–Crippen LogP) is 1.60. The molecule has 0 aromatic carbocycles. The van der Waals surface area contributed by atoms with Crippen LogP contribution in [0.15, 0.2) is 0 Å². The first-order valence-electron chi connectivity index (χ1n) is 7.05. The fourth-order valence-corrected chi connectivity index (χ4v) is 2.26. The van der Waals surface area contributed by atoms with E-state index in [1.54, 1.807) is 18.9 Å². The van der Waals surface area contributed by atoms with Crippen molar-refractivity contribution in [3.8, 4) is 0 Å². The third kappa shape index (κ3) is 5.19. The first kappa shape index (κ1) is 16.0. The number of piperidine rings is 1. The van der Waals surface area contributed by atoms with Crippen LogP contribution in [-0.2, 0) is 19.1 Å².